The smallest absolute Gasteiger partial charge is 0.267 e. The summed E-state index contributed by atoms with van der Waals surface area (Å²) in [4.78, 5) is 45.4. The second-order valence-corrected chi connectivity index (χ2v) is 7.67. The number of carbonyl (C=O) groups excluding carboxylic acids is 2. The molecule has 3 rings (SSSR count). The van der Waals surface area contributed by atoms with Crippen LogP contribution >= 0.6 is 24.0 Å². The molecule has 1 saturated heterocycles. The van der Waals surface area contributed by atoms with Gasteiger partial charge >= 0.3 is 0 Å². The van der Waals surface area contributed by atoms with E-state index in [0.717, 1.165) is 16.8 Å². The highest BCUT2D eigenvalue weighted by Gasteiger charge is 2.33. The molecule has 12 heteroatoms. The Labute approximate surface area is 184 Å². The zero-order chi connectivity index (χ0) is 22.5. The summed E-state index contributed by atoms with van der Waals surface area (Å²) in [6.45, 7) is 0. The maximum absolute atomic E-state index is 12.5. The lowest BCUT2D eigenvalue weighted by molar-refractivity contribution is -0.385. The Balaban J connectivity index is 1.66. The minimum atomic E-state index is -0.645. The number of rotatable bonds is 6. The Morgan fingerprint density at radius 3 is 2.10 bits per heavy atom. The third-order valence-electron chi connectivity index (χ3n) is 3.99. The van der Waals surface area contributed by atoms with E-state index in [1.807, 2.05) is 0 Å². The fraction of sp³-hybridized carbons (Fsp3) is 0. The lowest BCUT2D eigenvalue weighted by Gasteiger charge is -2.15. The van der Waals surface area contributed by atoms with Crippen LogP contribution in [0.25, 0.3) is 6.08 Å². The number of non-ortho nitro benzene ring substituents is 2. The number of nitro benzene ring substituents is 2. The number of amides is 2. The topological polar surface area (TPSA) is 136 Å². The molecule has 1 aliphatic heterocycles. The first kappa shape index (κ1) is 21.8. The van der Waals surface area contributed by atoms with E-state index in [4.69, 9.17) is 12.2 Å². The van der Waals surface area contributed by atoms with Crippen LogP contribution < -0.4 is 5.43 Å². The molecule has 0 spiro atoms. The van der Waals surface area contributed by atoms with Gasteiger partial charge in [-0.15, -0.1) is 0 Å². The Bertz CT molecular complexity index is 1140. The van der Waals surface area contributed by atoms with Gasteiger partial charge in [0.05, 0.1) is 14.8 Å². The molecule has 1 aliphatic rings. The van der Waals surface area contributed by atoms with Crippen LogP contribution in [0, 0.1) is 20.2 Å². The van der Waals surface area contributed by atoms with Gasteiger partial charge in [0.2, 0.25) is 0 Å². The van der Waals surface area contributed by atoms with Gasteiger partial charge in [-0.25, -0.2) is 0 Å². The molecule has 0 aromatic heterocycles. The van der Waals surface area contributed by atoms with Gasteiger partial charge < -0.3 is 0 Å². The van der Waals surface area contributed by atoms with Gasteiger partial charge in [-0.1, -0.05) is 23.9 Å². The molecule has 1 heterocycles. The van der Waals surface area contributed by atoms with Crippen molar-refractivity contribution in [3.63, 3.8) is 0 Å². The molecule has 2 aromatic rings. The average molecular weight is 456 g/mol. The highest BCUT2D eigenvalue weighted by atomic mass is 32.2. The van der Waals surface area contributed by atoms with Gasteiger partial charge in [-0.2, -0.15) is 5.01 Å². The van der Waals surface area contributed by atoms with Crippen molar-refractivity contribution in [3.8, 4) is 0 Å². The fourth-order valence-electron chi connectivity index (χ4n) is 2.43. The summed E-state index contributed by atoms with van der Waals surface area (Å²) in [7, 11) is 0. The van der Waals surface area contributed by atoms with Crippen molar-refractivity contribution >= 4 is 57.6 Å². The van der Waals surface area contributed by atoms with Crippen LogP contribution in [0.2, 0.25) is 0 Å². The first-order valence-corrected chi connectivity index (χ1v) is 9.73. The third-order valence-corrected chi connectivity index (χ3v) is 5.31. The van der Waals surface area contributed by atoms with Crippen molar-refractivity contribution in [2.45, 2.75) is 0 Å². The van der Waals surface area contributed by atoms with E-state index in [2.05, 4.69) is 5.43 Å². The molecule has 0 atom stereocenters. The molecule has 0 radical (unpaired) electrons. The number of carbonyl (C=O) groups is 2. The van der Waals surface area contributed by atoms with Crippen molar-refractivity contribution in [2.75, 3.05) is 0 Å². The Hall–Kier alpha value is -3.90. The van der Waals surface area contributed by atoms with E-state index in [9.17, 15) is 29.8 Å². The monoisotopic (exact) mass is 456 g/mol. The van der Waals surface area contributed by atoms with E-state index >= 15 is 0 Å². The molecule has 156 valence electrons. The molecule has 0 bridgehead atoms. The van der Waals surface area contributed by atoms with E-state index in [1.165, 1.54) is 42.5 Å². The maximum atomic E-state index is 12.5. The minimum absolute atomic E-state index is 0.0261. The lowest BCUT2D eigenvalue weighted by atomic mass is 10.2. The number of hydrogen-bond donors (Lipinski definition) is 1. The molecule has 10 nitrogen and oxygen atoms in total. The molecule has 2 amide bonds. The minimum Gasteiger partial charge on any atom is -0.267 e. The summed E-state index contributed by atoms with van der Waals surface area (Å²) in [6, 6.07) is 10.8. The SMILES string of the molecule is O=C(NN1C(=O)/C(=C/C=C\c2ccc([N+](=O)[O-])cc2)SC1=S)c1ccc([N+](=O)[O-])cc1. The third kappa shape index (κ3) is 5.18. The zero-order valence-electron chi connectivity index (χ0n) is 15.5. The Kier molecular flexibility index (Phi) is 6.52. The van der Waals surface area contributed by atoms with E-state index in [-0.39, 0.29) is 26.2 Å². The predicted octanol–water partition coefficient (Wildman–Crippen LogP) is 3.61. The first-order valence-electron chi connectivity index (χ1n) is 8.51. The van der Waals surface area contributed by atoms with Gasteiger partial charge in [0.15, 0.2) is 4.32 Å². The van der Waals surface area contributed by atoms with Crippen molar-refractivity contribution < 1.29 is 19.4 Å². The zero-order valence-corrected chi connectivity index (χ0v) is 17.1. The standard InChI is InChI=1S/C19H12N4O6S2/c24-17(13-6-10-15(11-7-13)23(28)29)20-21-18(25)16(31-19(21)30)3-1-2-12-4-8-14(9-5-12)22(26)27/h1-11H,(H,20,24)/b2-1-,16-3-. The summed E-state index contributed by atoms with van der Waals surface area (Å²) < 4.78 is 0.121. The normalized spacial score (nSPS) is 15.0. The van der Waals surface area contributed by atoms with Gasteiger partial charge in [0.25, 0.3) is 23.2 Å². The second kappa shape index (κ2) is 9.28. The highest BCUT2D eigenvalue weighted by Crippen LogP contribution is 2.30. The number of benzene rings is 2. The van der Waals surface area contributed by atoms with Gasteiger partial charge in [0, 0.05) is 29.8 Å². The Morgan fingerprint density at radius 1 is 1.00 bits per heavy atom. The van der Waals surface area contributed by atoms with Crippen LogP contribution in [0.5, 0.6) is 0 Å². The molecule has 31 heavy (non-hydrogen) atoms. The van der Waals surface area contributed by atoms with Crippen LogP contribution in [-0.2, 0) is 4.79 Å². The van der Waals surface area contributed by atoms with Crippen molar-refractivity contribution in [1.29, 1.82) is 0 Å². The van der Waals surface area contributed by atoms with Crippen molar-refractivity contribution in [3.05, 3.63) is 96.9 Å². The first-order chi connectivity index (χ1) is 14.8. The van der Waals surface area contributed by atoms with Gasteiger partial charge in [-0.05, 0) is 48.1 Å². The van der Waals surface area contributed by atoms with E-state index < -0.39 is 21.7 Å². The fourth-order valence-corrected chi connectivity index (χ4v) is 3.56. The molecule has 0 saturated carbocycles. The number of hydrazine groups is 1. The lowest BCUT2D eigenvalue weighted by Crippen LogP contribution is -2.44. The number of hydrogen-bond acceptors (Lipinski definition) is 8. The van der Waals surface area contributed by atoms with Crippen LogP contribution in [-0.4, -0.2) is 31.0 Å². The predicted molar refractivity (Wildman–Crippen MR) is 118 cm³/mol. The number of allylic oxidation sites excluding steroid dienone is 2. The quantitative estimate of drug-likeness (QED) is 0.301. The van der Waals surface area contributed by atoms with E-state index in [1.54, 1.807) is 24.3 Å². The maximum Gasteiger partial charge on any atom is 0.285 e. The van der Waals surface area contributed by atoms with Crippen molar-refractivity contribution in [2.24, 2.45) is 0 Å². The molecule has 1 fully saturated rings. The van der Waals surface area contributed by atoms with E-state index in [0.29, 0.717) is 5.56 Å². The largest absolute Gasteiger partial charge is 0.285 e. The number of nitrogens with zero attached hydrogens (tertiary/aromatic N) is 3. The van der Waals surface area contributed by atoms with Crippen LogP contribution in [0.3, 0.4) is 0 Å². The Morgan fingerprint density at radius 2 is 1.55 bits per heavy atom. The van der Waals surface area contributed by atoms with Gasteiger partial charge in [-0.3, -0.25) is 35.2 Å². The number of nitro groups is 2. The van der Waals surface area contributed by atoms with Crippen LogP contribution in [0.1, 0.15) is 15.9 Å². The summed E-state index contributed by atoms with van der Waals surface area (Å²) in [5, 5.41) is 22.3. The van der Waals surface area contributed by atoms with Crippen LogP contribution in [0.15, 0.2) is 65.6 Å². The number of thiocarbonyl (C=S) groups is 1. The van der Waals surface area contributed by atoms with Crippen LogP contribution in [0.4, 0.5) is 11.4 Å². The number of thioether (sulfide) groups is 1. The average Bonchev–Trinajstić information content (AvgIpc) is 3.01. The number of nitrogens with one attached hydrogen (secondary N) is 1. The highest BCUT2D eigenvalue weighted by molar-refractivity contribution is 8.26. The van der Waals surface area contributed by atoms with Gasteiger partial charge in [0.1, 0.15) is 0 Å². The molecule has 0 unspecified atom stereocenters. The summed E-state index contributed by atoms with van der Waals surface area (Å²) in [5.41, 5.74) is 3.02. The summed E-state index contributed by atoms with van der Waals surface area (Å²) >= 11 is 6.13. The molecular formula is C19H12N4O6S2. The summed E-state index contributed by atoms with van der Waals surface area (Å²) in [5.74, 6) is -1.17. The van der Waals surface area contributed by atoms with Crippen molar-refractivity contribution in [1.82, 2.24) is 10.4 Å². The summed E-state index contributed by atoms with van der Waals surface area (Å²) in [6.07, 6.45) is 4.76. The molecule has 2 aromatic carbocycles. The molecule has 1 N–H and O–H groups in total. The second-order valence-electron chi connectivity index (χ2n) is 5.99. The molecular weight excluding hydrogens is 444 g/mol. The molecule has 0 aliphatic carbocycles.